The van der Waals surface area contributed by atoms with Crippen LogP contribution in [0.5, 0.6) is 11.5 Å². The highest BCUT2D eigenvalue weighted by Crippen LogP contribution is 2.29. The Bertz CT molecular complexity index is 502. The number of hydrogen-bond acceptors (Lipinski definition) is 4. The molecule has 0 aliphatic carbocycles. The van der Waals surface area contributed by atoms with Crippen molar-refractivity contribution in [3.8, 4) is 11.5 Å². The first-order valence-electron chi connectivity index (χ1n) is 8.22. The zero-order valence-corrected chi connectivity index (χ0v) is 14.1. The van der Waals surface area contributed by atoms with E-state index in [2.05, 4.69) is 15.5 Å². The molecule has 1 aliphatic rings. The number of benzene rings is 1. The summed E-state index contributed by atoms with van der Waals surface area (Å²) in [6.45, 7) is 4.28. The van der Waals surface area contributed by atoms with Gasteiger partial charge in [0.25, 0.3) is 0 Å². The number of nitrogens with one attached hydrogen (secondary N) is 2. The van der Waals surface area contributed by atoms with E-state index < -0.39 is 0 Å². The van der Waals surface area contributed by atoms with Crippen molar-refractivity contribution in [1.82, 2.24) is 10.2 Å². The Hall–Kier alpha value is -1.95. The molecule has 1 aliphatic heterocycles. The van der Waals surface area contributed by atoms with E-state index in [1.165, 1.54) is 25.9 Å². The summed E-state index contributed by atoms with van der Waals surface area (Å²) in [6, 6.07) is 5.10. The number of ether oxygens (including phenoxy) is 2. The molecule has 23 heavy (non-hydrogen) atoms. The van der Waals surface area contributed by atoms with Gasteiger partial charge in [0, 0.05) is 18.3 Å². The van der Waals surface area contributed by atoms with Gasteiger partial charge in [-0.05, 0) is 57.5 Å². The lowest BCUT2D eigenvalue weighted by Gasteiger charge is -2.14. The van der Waals surface area contributed by atoms with Gasteiger partial charge in [-0.1, -0.05) is 0 Å². The predicted octanol–water partition coefficient (Wildman–Crippen LogP) is 2.70. The molecule has 6 heteroatoms. The number of urea groups is 1. The lowest BCUT2D eigenvalue weighted by molar-refractivity contribution is 0.251. The van der Waals surface area contributed by atoms with Gasteiger partial charge in [0.1, 0.15) is 0 Å². The summed E-state index contributed by atoms with van der Waals surface area (Å²) in [5.74, 6) is 1.23. The predicted molar refractivity (Wildman–Crippen MR) is 91.5 cm³/mol. The fourth-order valence-corrected chi connectivity index (χ4v) is 2.76. The van der Waals surface area contributed by atoms with Gasteiger partial charge >= 0.3 is 6.03 Å². The zero-order chi connectivity index (χ0) is 16.5. The van der Waals surface area contributed by atoms with E-state index in [4.69, 9.17) is 9.47 Å². The highest BCUT2D eigenvalue weighted by atomic mass is 16.5. The average Bonchev–Trinajstić information content (AvgIpc) is 3.07. The van der Waals surface area contributed by atoms with E-state index in [9.17, 15) is 4.79 Å². The summed E-state index contributed by atoms with van der Waals surface area (Å²) in [5.41, 5.74) is 0.678. The minimum Gasteiger partial charge on any atom is -0.493 e. The number of likely N-dealkylation sites (tertiary alicyclic amines) is 1. The van der Waals surface area contributed by atoms with Crippen molar-refractivity contribution in [3.63, 3.8) is 0 Å². The number of carbonyl (C=O) groups is 1. The SMILES string of the molecule is COc1ccc(NC(=O)NCCCCN2CCCC2)cc1OC. The van der Waals surface area contributed by atoms with Crippen molar-refractivity contribution in [1.29, 1.82) is 0 Å². The zero-order valence-electron chi connectivity index (χ0n) is 14.1. The van der Waals surface area contributed by atoms with Gasteiger partial charge in [-0.25, -0.2) is 4.79 Å². The van der Waals surface area contributed by atoms with Gasteiger partial charge in [0.05, 0.1) is 14.2 Å². The van der Waals surface area contributed by atoms with Crippen molar-refractivity contribution in [3.05, 3.63) is 18.2 Å². The van der Waals surface area contributed by atoms with Crippen LogP contribution in [0.2, 0.25) is 0 Å². The number of unbranched alkanes of at least 4 members (excludes halogenated alkanes) is 1. The van der Waals surface area contributed by atoms with Crippen LogP contribution in [-0.2, 0) is 0 Å². The molecule has 0 bridgehead atoms. The molecule has 128 valence electrons. The van der Waals surface area contributed by atoms with E-state index in [-0.39, 0.29) is 6.03 Å². The molecule has 2 N–H and O–H groups in total. The fourth-order valence-electron chi connectivity index (χ4n) is 2.76. The number of carbonyl (C=O) groups excluding carboxylic acids is 1. The Labute approximate surface area is 138 Å². The molecule has 1 aromatic carbocycles. The third-order valence-corrected chi connectivity index (χ3v) is 4.03. The number of methoxy groups -OCH3 is 2. The summed E-state index contributed by atoms with van der Waals surface area (Å²) in [4.78, 5) is 14.4. The largest absolute Gasteiger partial charge is 0.493 e. The molecule has 6 nitrogen and oxygen atoms in total. The Morgan fingerprint density at radius 3 is 2.57 bits per heavy atom. The van der Waals surface area contributed by atoms with Crippen LogP contribution in [0.3, 0.4) is 0 Å². The standard InChI is InChI=1S/C17H27N3O3/c1-22-15-8-7-14(13-16(15)23-2)19-17(21)18-9-3-4-10-20-11-5-6-12-20/h7-8,13H,3-6,9-12H2,1-2H3,(H2,18,19,21). The summed E-state index contributed by atoms with van der Waals surface area (Å²) < 4.78 is 10.4. The number of nitrogens with zero attached hydrogens (tertiary/aromatic N) is 1. The summed E-state index contributed by atoms with van der Waals surface area (Å²) in [7, 11) is 3.15. The molecular formula is C17H27N3O3. The molecular weight excluding hydrogens is 294 g/mol. The Morgan fingerprint density at radius 2 is 1.87 bits per heavy atom. The maximum absolute atomic E-state index is 11.9. The second-order valence-electron chi connectivity index (χ2n) is 5.71. The highest BCUT2D eigenvalue weighted by molar-refractivity contribution is 5.89. The van der Waals surface area contributed by atoms with E-state index in [0.29, 0.717) is 23.7 Å². The van der Waals surface area contributed by atoms with Gasteiger partial charge < -0.3 is 25.0 Å². The fraction of sp³-hybridized carbons (Fsp3) is 0.588. The van der Waals surface area contributed by atoms with Crippen LogP contribution in [0.1, 0.15) is 25.7 Å². The maximum atomic E-state index is 11.9. The molecule has 1 saturated heterocycles. The van der Waals surface area contributed by atoms with Gasteiger partial charge in [-0.2, -0.15) is 0 Å². The minimum absolute atomic E-state index is 0.196. The summed E-state index contributed by atoms with van der Waals surface area (Å²) in [6.07, 6.45) is 4.77. The first-order chi connectivity index (χ1) is 11.2. The molecule has 0 radical (unpaired) electrons. The van der Waals surface area contributed by atoms with E-state index in [1.54, 1.807) is 32.4 Å². The Morgan fingerprint density at radius 1 is 1.13 bits per heavy atom. The molecule has 0 saturated carbocycles. The highest BCUT2D eigenvalue weighted by Gasteiger charge is 2.10. The Balaban J connectivity index is 1.66. The summed E-state index contributed by atoms with van der Waals surface area (Å²) in [5, 5.41) is 5.69. The summed E-state index contributed by atoms with van der Waals surface area (Å²) >= 11 is 0. The molecule has 1 aromatic rings. The molecule has 0 atom stereocenters. The van der Waals surface area contributed by atoms with E-state index >= 15 is 0 Å². The quantitative estimate of drug-likeness (QED) is 0.723. The molecule has 1 heterocycles. The monoisotopic (exact) mass is 321 g/mol. The minimum atomic E-state index is -0.196. The molecule has 0 unspecified atom stereocenters. The first kappa shape index (κ1) is 17.4. The van der Waals surface area contributed by atoms with Crippen LogP contribution < -0.4 is 20.1 Å². The lowest BCUT2D eigenvalue weighted by atomic mass is 10.2. The third kappa shape index (κ3) is 5.63. The second kappa shape index (κ2) is 9.25. The topological polar surface area (TPSA) is 62.8 Å². The molecule has 2 amide bonds. The van der Waals surface area contributed by atoms with Gasteiger partial charge in [-0.3, -0.25) is 0 Å². The van der Waals surface area contributed by atoms with Crippen LogP contribution in [0.25, 0.3) is 0 Å². The molecule has 2 rings (SSSR count). The van der Waals surface area contributed by atoms with E-state index in [1.807, 2.05) is 0 Å². The van der Waals surface area contributed by atoms with Crippen LogP contribution in [0, 0.1) is 0 Å². The lowest BCUT2D eigenvalue weighted by Crippen LogP contribution is -2.30. The average molecular weight is 321 g/mol. The smallest absolute Gasteiger partial charge is 0.319 e. The van der Waals surface area contributed by atoms with Crippen LogP contribution in [-0.4, -0.2) is 51.3 Å². The van der Waals surface area contributed by atoms with Gasteiger partial charge in [0.2, 0.25) is 0 Å². The normalized spacial score (nSPS) is 14.5. The number of anilines is 1. The van der Waals surface area contributed by atoms with Crippen LogP contribution in [0.4, 0.5) is 10.5 Å². The second-order valence-corrected chi connectivity index (χ2v) is 5.71. The van der Waals surface area contributed by atoms with Gasteiger partial charge in [-0.15, -0.1) is 0 Å². The number of rotatable bonds is 8. The van der Waals surface area contributed by atoms with Crippen molar-refractivity contribution >= 4 is 11.7 Å². The number of hydrogen-bond donors (Lipinski definition) is 2. The number of amides is 2. The maximum Gasteiger partial charge on any atom is 0.319 e. The van der Waals surface area contributed by atoms with Crippen molar-refractivity contribution in [2.45, 2.75) is 25.7 Å². The molecule has 0 aromatic heterocycles. The van der Waals surface area contributed by atoms with Crippen LogP contribution in [0.15, 0.2) is 18.2 Å². The molecule has 1 fully saturated rings. The van der Waals surface area contributed by atoms with Gasteiger partial charge in [0.15, 0.2) is 11.5 Å². The Kier molecular flexibility index (Phi) is 7.00. The van der Waals surface area contributed by atoms with Crippen molar-refractivity contribution in [2.75, 3.05) is 45.7 Å². The van der Waals surface area contributed by atoms with Crippen LogP contribution >= 0.6 is 0 Å². The van der Waals surface area contributed by atoms with Crippen molar-refractivity contribution in [2.24, 2.45) is 0 Å². The van der Waals surface area contributed by atoms with E-state index in [0.717, 1.165) is 19.4 Å². The first-order valence-corrected chi connectivity index (χ1v) is 8.22. The molecule has 0 spiro atoms. The van der Waals surface area contributed by atoms with Crippen molar-refractivity contribution < 1.29 is 14.3 Å². The third-order valence-electron chi connectivity index (χ3n) is 4.03.